The minimum atomic E-state index is -0.133. The first-order valence-corrected chi connectivity index (χ1v) is 8.82. The third kappa shape index (κ3) is 3.12. The summed E-state index contributed by atoms with van der Waals surface area (Å²) in [5, 5.41) is 0. The van der Waals surface area contributed by atoms with E-state index in [9.17, 15) is 4.79 Å². The van der Waals surface area contributed by atoms with Crippen LogP contribution in [-0.2, 0) is 4.79 Å². The van der Waals surface area contributed by atoms with Crippen molar-refractivity contribution in [3.63, 3.8) is 0 Å². The van der Waals surface area contributed by atoms with Crippen LogP contribution >= 0.6 is 0 Å². The van der Waals surface area contributed by atoms with E-state index in [0.29, 0.717) is 0 Å². The Morgan fingerprint density at radius 2 is 1.13 bits per heavy atom. The molecule has 0 aliphatic heterocycles. The van der Waals surface area contributed by atoms with Gasteiger partial charge in [0.25, 0.3) is 0 Å². The Bertz CT molecular complexity index is 582. The van der Waals surface area contributed by atoms with Crippen molar-refractivity contribution in [3.05, 3.63) is 34.4 Å². The molecule has 2 rings (SSSR count). The number of hydrogen-bond acceptors (Lipinski definition) is 1. The third-order valence-electron chi connectivity index (χ3n) is 5.23. The summed E-state index contributed by atoms with van der Waals surface area (Å²) in [6, 6.07) is 0. The lowest BCUT2D eigenvalue weighted by molar-refractivity contribution is -0.114. The second-order valence-corrected chi connectivity index (χ2v) is 10.7. The summed E-state index contributed by atoms with van der Waals surface area (Å²) in [5.74, 6) is 0.226. The molecular weight excluding hydrogens is 280 g/mol. The van der Waals surface area contributed by atoms with Crippen LogP contribution in [0.1, 0.15) is 75.7 Å². The molecule has 1 heteroatoms. The predicted molar refractivity (Wildman–Crippen MR) is 99.3 cm³/mol. The lowest BCUT2D eigenvalue weighted by atomic mass is 9.50. The van der Waals surface area contributed by atoms with E-state index < -0.39 is 0 Å². The maximum absolute atomic E-state index is 13.1. The van der Waals surface area contributed by atoms with Crippen LogP contribution in [0.5, 0.6) is 0 Å². The number of ketones is 1. The Hall–Kier alpha value is -1.11. The molecule has 0 spiro atoms. The van der Waals surface area contributed by atoms with E-state index in [4.69, 9.17) is 0 Å². The van der Waals surface area contributed by atoms with Crippen molar-refractivity contribution >= 4 is 5.78 Å². The first-order chi connectivity index (χ1) is 10.1. The highest BCUT2D eigenvalue weighted by atomic mass is 16.1. The molecule has 0 radical (unpaired) electrons. The molecule has 0 N–H and O–H groups in total. The molecule has 1 saturated carbocycles. The molecule has 0 aromatic heterocycles. The summed E-state index contributed by atoms with van der Waals surface area (Å²) in [4.78, 5) is 13.1. The smallest absolute Gasteiger partial charge is 0.186 e. The maximum Gasteiger partial charge on any atom is 0.186 e. The van der Waals surface area contributed by atoms with Gasteiger partial charge in [-0.15, -0.1) is 0 Å². The molecule has 1 nitrogen and oxygen atoms in total. The van der Waals surface area contributed by atoms with Gasteiger partial charge in [0.15, 0.2) is 5.78 Å². The molecule has 1 fully saturated rings. The number of carbonyl (C=O) groups is 1. The number of carbonyl (C=O) groups excluding carboxylic acids is 1. The zero-order valence-electron chi connectivity index (χ0n) is 16.8. The minimum Gasteiger partial charge on any atom is -0.289 e. The van der Waals surface area contributed by atoms with Gasteiger partial charge in [0, 0.05) is 11.1 Å². The van der Waals surface area contributed by atoms with Crippen LogP contribution in [0.15, 0.2) is 34.4 Å². The Balaban J connectivity index is 2.74. The molecule has 0 aromatic rings. The summed E-state index contributed by atoms with van der Waals surface area (Å²) in [6.07, 6.45) is 5.55. The summed E-state index contributed by atoms with van der Waals surface area (Å²) in [6.45, 7) is 22.1. The molecule has 0 heterocycles. The van der Waals surface area contributed by atoms with Crippen molar-refractivity contribution in [2.45, 2.75) is 75.7 Å². The van der Waals surface area contributed by atoms with Crippen molar-refractivity contribution in [2.75, 3.05) is 0 Å². The van der Waals surface area contributed by atoms with Crippen molar-refractivity contribution in [2.24, 2.45) is 21.7 Å². The normalized spacial score (nSPS) is 24.2. The molecule has 0 unspecified atom stereocenters. The standard InChI is InChI=1S/C22H34O/c1-19(2,3)15-11-14(12-16(17(15)23)20(4,5)6)18-21(7,8)13-22(18,9)10/h11-12H,13H2,1-10H3. The van der Waals surface area contributed by atoms with Crippen molar-refractivity contribution in [1.82, 2.24) is 0 Å². The van der Waals surface area contributed by atoms with Crippen LogP contribution in [0.4, 0.5) is 0 Å². The average Bonchev–Trinajstić information content (AvgIpc) is 2.25. The summed E-state index contributed by atoms with van der Waals surface area (Å²) in [5.41, 5.74) is 4.85. The lowest BCUT2D eigenvalue weighted by Crippen LogP contribution is -2.43. The zero-order valence-corrected chi connectivity index (χ0v) is 16.8. The third-order valence-corrected chi connectivity index (χ3v) is 5.23. The van der Waals surface area contributed by atoms with Crippen LogP contribution in [-0.4, -0.2) is 5.78 Å². The highest BCUT2D eigenvalue weighted by molar-refractivity contribution is 6.11. The molecule has 0 saturated heterocycles. The zero-order chi connectivity index (χ0) is 18.0. The molecule has 0 amide bonds. The number of allylic oxidation sites excluding steroid dienone is 6. The van der Waals surface area contributed by atoms with Gasteiger partial charge < -0.3 is 0 Å². The fourth-order valence-electron chi connectivity index (χ4n) is 4.76. The molecule has 2 aliphatic carbocycles. The Morgan fingerprint density at radius 1 is 0.783 bits per heavy atom. The van der Waals surface area contributed by atoms with Gasteiger partial charge in [-0.1, -0.05) is 74.8 Å². The van der Waals surface area contributed by atoms with E-state index in [1.54, 1.807) is 0 Å². The van der Waals surface area contributed by atoms with Crippen molar-refractivity contribution in [1.29, 1.82) is 0 Å². The molecule has 2 aliphatic rings. The Morgan fingerprint density at radius 3 is 1.39 bits per heavy atom. The number of rotatable bonds is 0. The monoisotopic (exact) mass is 314 g/mol. The van der Waals surface area contributed by atoms with Gasteiger partial charge in [-0.3, -0.25) is 4.79 Å². The van der Waals surface area contributed by atoms with E-state index in [0.717, 1.165) is 11.1 Å². The molecule has 128 valence electrons. The van der Waals surface area contributed by atoms with Crippen LogP contribution in [0.2, 0.25) is 0 Å². The minimum absolute atomic E-state index is 0.133. The Kier molecular flexibility index (Phi) is 3.92. The SMILES string of the molecule is CC(C)(C)C1=CC(=C2C(C)(C)CC2(C)C)C=C(C(C)(C)C)C1=O. The van der Waals surface area contributed by atoms with Crippen molar-refractivity contribution in [3.8, 4) is 0 Å². The summed E-state index contributed by atoms with van der Waals surface area (Å²) in [7, 11) is 0. The maximum atomic E-state index is 13.1. The molecular formula is C22H34O. The fourth-order valence-corrected chi connectivity index (χ4v) is 4.76. The lowest BCUT2D eigenvalue weighted by Gasteiger charge is -2.54. The molecule has 0 aromatic carbocycles. The van der Waals surface area contributed by atoms with E-state index in [-0.39, 0.29) is 27.4 Å². The van der Waals surface area contributed by atoms with Gasteiger partial charge >= 0.3 is 0 Å². The summed E-state index contributed by atoms with van der Waals surface area (Å²) < 4.78 is 0. The van der Waals surface area contributed by atoms with E-state index in [1.165, 1.54) is 17.6 Å². The average molecular weight is 315 g/mol. The van der Waals surface area contributed by atoms with Gasteiger partial charge in [-0.2, -0.15) is 0 Å². The highest BCUT2D eigenvalue weighted by Gasteiger charge is 2.49. The quantitative estimate of drug-likeness (QED) is 0.515. The highest BCUT2D eigenvalue weighted by Crippen LogP contribution is 2.60. The fraction of sp³-hybridized carbons (Fsp3) is 0.682. The van der Waals surface area contributed by atoms with Crippen LogP contribution in [0.25, 0.3) is 0 Å². The number of hydrogen-bond donors (Lipinski definition) is 0. The van der Waals surface area contributed by atoms with Gasteiger partial charge in [0.1, 0.15) is 0 Å². The first kappa shape index (κ1) is 18.2. The van der Waals surface area contributed by atoms with Crippen LogP contribution < -0.4 is 0 Å². The molecule has 0 bridgehead atoms. The van der Waals surface area contributed by atoms with E-state index in [2.05, 4.69) is 81.4 Å². The van der Waals surface area contributed by atoms with Crippen LogP contribution in [0.3, 0.4) is 0 Å². The van der Waals surface area contributed by atoms with Gasteiger partial charge in [0.05, 0.1) is 0 Å². The van der Waals surface area contributed by atoms with Crippen molar-refractivity contribution < 1.29 is 4.79 Å². The largest absolute Gasteiger partial charge is 0.289 e. The van der Waals surface area contributed by atoms with Gasteiger partial charge in [-0.25, -0.2) is 0 Å². The van der Waals surface area contributed by atoms with E-state index >= 15 is 0 Å². The van der Waals surface area contributed by atoms with Gasteiger partial charge in [-0.05, 0) is 45.8 Å². The van der Waals surface area contributed by atoms with Gasteiger partial charge in [0.2, 0.25) is 0 Å². The second kappa shape index (κ2) is 4.94. The van der Waals surface area contributed by atoms with E-state index in [1.807, 2.05) is 0 Å². The number of Topliss-reactive ketones (excluding diaryl/α,β-unsaturated/α-hetero) is 1. The Labute approximate surface area is 142 Å². The second-order valence-electron chi connectivity index (χ2n) is 10.7. The topological polar surface area (TPSA) is 17.1 Å². The molecule has 23 heavy (non-hydrogen) atoms. The summed E-state index contributed by atoms with van der Waals surface area (Å²) >= 11 is 0. The first-order valence-electron chi connectivity index (χ1n) is 8.82. The van der Waals surface area contributed by atoms with Crippen LogP contribution in [0, 0.1) is 21.7 Å². The predicted octanol–water partition coefficient (Wildman–Crippen LogP) is 6.27. The molecule has 0 atom stereocenters.